The Morgan fingerprint density at radius 2 is 1.05 bits per heavy atom. The van der Waals surface area contributed by atoms with E-state index in [0.717, 1.165) is 22.7 Å². The Morgan fingerprint density at radius 1 is 0.500 bits per heavy atom. The third kappa shape index (κ3) is 7.21. The fraction of sp³-hybridized carbons (Fsp3) is 0.179. The van der Waals surface area contributed by atoms with Gasteiger partial charge in [0, 0.05) is 55.8 Å². The van der Waals surface area contributed by atoms with E-state index in [1.54, 1.807) is 0 Å². The van der Waals surface area contributed by atoms with Crippen LogP contribution in [-0.2, 0) is 22.4 Å². The zero-order chi connectivity index (χ0) is 49.8. The zero-order valence-electron chi connectivity index (χ0n) is 43.2. The van der Waals surface area contributed by atoms with Crippen LogP contribution >= 0.6 is 0 Å². The average Bonchev–Trinajstić information content (AvgIpc) is 4.11. The van der Waals surface area contributed by atoms with Crippen molar-refractivity contribution in [2.45, 2.75) is 79.1 Å². The Bertz CT molecular complexity index is 3960. The summed E-state index contributed by atoms with van der Waals surface area (Å²) in [4.78, 5) is 2.45. The molecule has 0 N–H and O–H groups in total. The second kappa shape index (κ2) is 18.5. The number of ether oxygens (including phenoxy) is 1. The summed E-state index contributed by atoms with van der Waals surface area (Å²) in [6.45, 7) is 18.3. The molecule has 0 atom stereocenters. The van der Waals surface area contributed by atoms with Crippen molar-refractivity contribution < 1.29 is 31.7 Å². The van der Waals surface area contributed by atoms with Gasteiger partial charge in [-0.2, -0.15) is 0 Å². The van der Waals surface area contributed by atoms with Crippen LogP contribution in [0, 0.1) is 12.4 Å². The number of nitrogens with zero attached hydrogens (tertiary/aromatic N) is 4. The van der Waals surface area contributed by atoms with Gasteiger partial charge >= 0.3 is 0 Å². The molecule has 0 spiro atoms. The number of fused-ring (bicyclic) bond motifs is 12. The van der Waals surface area contributed by atoms with Crippen molar-refractivity contribution in [3.8, 4) is 22.9 Å². The van der Waals surface area contributed by atoms with Crippen molar-refractivity contribution in [1.29, 1.82) is 0 Å². The summed E-state index contributed by atoms with van der Waals surface area (Å²) in [5.41, 5.74) is 21.1. The predicted octanol–water partition coefficient (Wildman–Crippen LogP) is 15.2. The first-order chi connectivity index (χ1) is 35.6. The van der Waals surface area contributed by atoms with Gasteiger partial charge in [-0.05, 0) is 87.1 Å². The van der Waals surface area contributed by atoms with Gasteiger partial charge in [0.05, 0.1) is 27.9 Å². The predicted molar refractivity (Wildman–Crippen MR) is 306 cm³/mol. The first-order valence-electron chi connectivity index (χ1n) is 26.2. The quantitative estimate of drug-likeness (QED) is 0.0903. The minimum absolute atomic E-state index is 0. The second-order valence-electron chi connectivity index (χ2n) is 21.2. The molecule has 14 rings (SSSR count). The topological polar surface area (TPSA) is 25.7 Å². The van der Waals surface area contributed by atoms with Crippen molar-refractivity contribution in [3.63, 3.8) is 0 Å². The molecule has 7 heteroatoms. The van der Waals surface area contributed by atoms with Gasteiger partial charge in [-0.3, -0.25) is 9.13 Å². The molecule has 0 saturated heterocycles. The first kappa shape index (κ1) is 47.6. The van der Waals surface area contributed by atoms with E-state index in [1.165, 1.54) is 105 Å². The molecule has 0 bridgehead atoms. The molecule has 2 aliphatic rings. The van der Waals surface area contributed by atoms with Gasteiger partial charge in [-0.25, -0.2) is 0 Å². The number of imidazole rings is 1. The summed E-state index contributed by atoms with van der Waals surface area (Å²) in [7, 11) is 0. The maximum Gasteiger partial charge on any atom is 0.269 e. The molecule has 367 valence electrons. The van der Waals surface area contributed by atoms with Gasteiger partial charge in [-0.15, -0.1) is 11.5 Å². The van der Waals surface area contributed by atoms with Crippen molar-refractivity contribution >= 4 is 89.3 Å². The third-order valence-corrected chi connectivity index (χ3v) is 15.5. The van der Waals surface area contributed by atoms with Crippen LogP contribution in [-0.4, -0.2) is 15.7 Å². The Kier molecular flexibility index (Phi) is 11.9. The Hall–Kier alpha value is -7.34. The molecule has 5 heterocycles. The van der Waals surface area contributed by atoms with E-state index < -0.39 is 0 Å². The minimum Gasteiger partial charge on any atom is -0.484 e. The molecule has 12 aromatic rings. The monoisotopic (exact) mass is 1140 g/mol. The number of aromatic nitrogens is 3. The van der Waals surface area contributed by atoms with Crippen molar-refractivity contribution in [2.24, 2.45) is 0 Å². The van der Waals surface area contributed by atoms with E-state index in [2.05, 4.69) is 268 Å². The van der Waals surface area contributed by atoms with Gasteiger partial charge in [-0.1, -0.05) is 229 Å². The Balaban J connectivity index is 0.000000152. The van der Waals surface area contributed by atoms with Crippen molar-refractivity contribution in [1.82, 2.24) is 8.97 Å². The van der Waals surface area contributed by atoms with E-state index in [9.17, 15) is 0 Å². The standard InChI is InChI=1S/C36H20BN2O.C31H38N2.Au/c1-2-11-22(12-3-1)38-29-19-8-5-16-26(29)37-27-17-6-9-20-31(27)40-32-21-30-33(36(38)34(32)37)25-15-10-14-24-23-13-4-7-18-28(23)39(30)35(24)25;1-20(2)24-13-11-14-25(21(3)4)30(24)32-19-33(29-18-10-9-17-28(29)32)31-26(22(5)6)15-12-16-27(31)23(7)8;/h1-20H;9-18,20-23H,1-8H3;/q-1;;. The molecular formula is C67H58AuBN4O-. The summed E-state index contributed by atoms with van der Waals surface area (Å²) >= 11 is 0. The molecule has 0 unspecified atom stereocenters. The molecule has 5 nitrogen and oxygen atoms in total. The first-order valence-corrected chi connectivity index (χ1v) is 26.2. The summed E-state index contributed by atoms with van der Waals surface area (Å²) in [5, 5.41) is 5.00. The molecule has 2 aliphatic heterocycles. The Morgan fingerprint density at radius 3 is 1.76 bits per heavy atom. The third-order valence-electron chi connectivity index (χ3n) is 15.5. The average molecular weight is 1140 g/mol. The molecule has 0 aliphatic carbocycles. The zero-order valence-corrected chi connectivity index (χ0v) is 45.4. The normalized spacial score (nSPS) is 12.8. The smallest absolute Gasteiger partial charge is 0.269 e. The van der Waals surface area contributed by atoms with Crippen LogP contribution in [0.4, 0.5) is 17.1 Å². The molecule has 3 aromatic heterocycles. The maximum absolute atomic E-state index is 6.74. The SMILES string of the molecule is CC(C)c1cccc(C(C)C)c1-n1[c-][n+](-c2c(C(C)C)cccc2C(C)C)c2ccccc21.[Au].[c-]1c2c3c(c4c5cccc6c7ccccc7n(c14)c65)N(c1ccccc1)c1ccccc1B3c1ccccc1O2. The van der Waals surface area contributed by atoms with Gasteiger partial charge in [0.2, 0.25) is 0 Å². The molecule has 1 radical (unpaired) electrons. The fourth-order valence-electron chi connectivity index (χ4n) is 12.3. The van der Waals surface area contributed by atoms with Crippen LogP contribution in [0.5, 0.6) is 11.5 Å². The molecule has 74 heavy (non-hydrogen) atoms. The van der Waals surface area contributed by atoms with E-state index >= 15 is 0 Å². The summed E-state index contributed by atoms with van der Waals surface area (Å²) in [5.74, 6) is 3.42. The number of hydrogen-bond donors (Lipinski definition) is 0. The van der Waals surface area contributed by atoms with E-state index in [0.29, 0.717) is 23.7 Å². The number of para-hydroxylation sites is 9. The van der Waals surface area contributed by atoms with Crippen LogP contribution in [0.3, 0.4) is 0 Å². The van der Waals surface area contributed by atoms with E-state index in [-0.39, 0.29) is 29.1 Å². The molecule has 0 amide bonds. The van der Waals surface area contributed by atoms with Crippen LogP contribution < -0.4 is 30.6 Å². The van der Waals surface area contributed by atoms with E-state index in [4.69, 9.17) is 4.74 Å². The van der Waals surface area contributed by atoms with Gasteiger partial charge in [0.15, 0.2) is 6.71 Å². The van der Waals surface area contributed by atoms with E-state index in [1.807, 2.05) is 0 Å². The van der Waals surface area contributed by atoms with Crippen LogP contribution in [0.25, 0.3) is 60.5 Å². The van der Waals surface area contributed by atoms with Crippen LogP contribution in [0.2, 0.25) is 0 Å². The Labute approximate surface area is 450 Å². The number of benzene rings is 9. The number of hydrogen-bond acceptors (Lipinski definition) is 2. The van der Waals surface area contributed by atoms with Gasteiger partial charge < -0.3 is 14.0 Å². The second-order valence-corrected chi connectivity index (χ2v) is 21.2. The summed E-state index contributed by atoms with van der Waals surface area (Å²) < 4.78 is 13.8. The van der Waals surface area contributed by atoms with Crippen LogP contribution in [0.1, 0.15) is 101 Å². The fourth-order valence-corrected chi connectivity index (χ4v) is 12.3. The van der Waals surface area contributed by atoms with Crippen molar-refractivity contribution in [3.05, 3.63) is 217 Å². The van der Waals surface area contributed by atoms with Gasteiger partial charge in [0.25, 0.3) is 6.33 Å². The molecule has 0 fully saturated rings. The molecule has 0 saturated carbocycles. The number of anilines is 3. The summed E-state index contributed by atoms with van der Waals surface area (Å²) in [6.07, 6.45) is 3.84. The van der Waals surface area contributed by atoms with Gasteiger partial charge in [0.1, 0.15) is 5.75 Å². The largest absolute Gasteiger partial charge is 0.484 e. The van der Waals surface area contributed by atoms with Crippen LogP contribution in [0.15, 0.2) is 182 Å². The molecular weight excluding hydrogens is 1080 g/mol. The summed E-state index contributed by atoms with van der Waals surface area (Å²) in [6, 6.07) is 69.6. The maximum atomic E-state index is 6.74. The van der Waals surface area contributed by atoms with Crippen molar-refractivity contribution in [2.75, 3.05) is 4.90 Å². The minimum atomic E-state index is 0. The molecule has 9 aromatic carbocycles. The number of rotatable bonds is 7.